The predicted molar refractivity (Wildman–Crippen MR) is 138 cm³/mol. The summed E-state index contributed by atoms with van der Waals surface area (Å²) in [4.78, 5) is 26.7. The second-order valence-corrected chi connectivity index (χ2v) is 9.98. The van der Waals surface area contributed by atoms with Gasteiger partial charge in [0.1, 0.15) is 17.7 Å². The summed E-state index contributed by atoms with van der Waals surface area (Å²) < 4.78 is 27.2. The Morgan fingerprint density at radius 2 is 1.88 bits per heavy atom. The molecule has 0 spiro atoms. The molecule has 0 aliphatic rings. The Morgan fingerprint density at radius 3 is 2.50 bits per heavy atom. The Kier molecular flexibility index (Phi) is 15.2. The molecule has 0 bridgehead atoms. The smallest absolute Gasteiger partial charge is 0.319 e. The number of benzene rings is 1. The van der Waals surface area contributed by atoms with Crippen LogP contribution in [0.4, 0.5) is 19.7 Å². The minimum atomic E-state index is -1.35. The van der Waals surface area contributed by atoms with Crippen LogP contribution < -0.4 is 20.7 Å². The summed E-state index contributed by atoms with van der Waals surface area (Å²) >= 11 is 5.71. The van der Waals surface area contributed by atoms with Crippen molar-refractivity contribution in [3.05, 3.63) is 40.8 Å². The molecule has 0 radical (unpaired) electrons. The van der Waals surface area contributed by atoms with E-state index in [-0.39, 0.29) is 37.1 Å². The van der Waals surface area contributed by atoms with Crippen molar-refractivity contribution in [3.63, 3.8) is 0 Å². The van der Waals surface area contributed by atoms with Crippen LogP contribution in [0.2, 0.25) is 0 Å². The van der Waals surface area contributed by atoms with Crippen LogP contribution in [0.15, 0.2) is 40.8 Å². The first-order valence-electron chi connectivity index (χ1n) is 11.4. The number of nitrogens with one attached hydrogen (secondary N) is 4. The van der Waals surface area contributed by atoms with Crippen LogP contribution in [0.25, 0.3) is 0 Å². The number of para-hydroxylation sites is 1. The molecule has 192 valence electrons. The van der Waals surface area contributed by atoms with E-state index in [2.05, 4.69) is 20.7 Å². The summed E-state index contributed by atoms with van der Waals surface area (Å²) in [5.74, 6) is 0.287. The van der Waals surface area contributed by atoms with Crippen LogP contribution in [-0.2, 0) is 11.0 Å². The van der Waals surface area contributed by atoms with Crippen LogP contribution in [0, 0.1) is 5.92 Å². The van der Waals surface area contributed by atoms with Gasteiger partial charge in [-0.1, -0.05) is 43.6 Å². The molecule has 0 fully saturated rings. The summed E-state index contributed by atoms with van der Waals surface area (Å²) in [7, 11) is -1.35. The first-order chi connectivity index (χ1) is 16.2. The quantitative estimate of drug-likeness (QED) is 0.260. The van der Waals surface area contributed by atoms with Crippen molar-refractivity contribution in [1.29, 1.82) is 0 Å². The lowest BCUT2D eigenvalue weighted by Gasteiger charge is -2.29. The number of carbonyl (C=O) groups excluding carboxylic acids is 2. The zero-order valence-corrected chi connectivity index (χ0v) is 21.7. The minimum absolute atomic E-state index is 0.0727. The molecule has 4 N–H and O–H groups in total. The van der Waals surface area contributed by atoms with Crippen LogP contribution in [0.5, 0.6) is 0 Å². The van der Waals surface area contributed by atoms with E-state index in [1.807, 2.05) is 32.0 Å². The molecule has 0 saturated heterocycles. The van der Waals surface area contributed by atoms with E-state index in [1.54, 1.807) is 24.0 Å². The standard InChI is InChI=1S/C23H37ClFN5O3S/c1-18(2)15-21(29-22(31)28-20-9-5-4-6-10-20)16-30(23(32)26-13-11-25)14-8-7-12-27-34(33)17-19(3)24/h4-6,9-10,17-18,21,27H,7-8,11-16H2,1-3H3,(H,26,32)(H2,28,29,31)/b19-17-. The molecule has 0 saturated carbocycles. The number of hydrogen-bond donors (Lipinski definition) is 4. The van der Waals surface area contributed by atoms with Gasteiger partial charge in [-0.3, -0.25) is 0 Å². The molecule has 1 aromatic carbocycles. The zero-order valence-electron chi connectivity index (χ0n) is 20.1. The van der Waals surface area contributed by atoms with Crippen molar-refractivity contribution < 1.29 is 18.2 Å². The normalized spacial score (nSPS) is 13.3. The number of rotatable bonds is 15. The maximum Gasteiger partial charge on any atom is 0.319 e. The fourth-order valence-corrected chi connectivity index (χ4v) is 4.19. The molecule has 0 heterocycles. The molecule has 0 aliphatic carbocycles. The van der Waals surface area contributed by atoms with E-state index in [4.69, 9.17) is 11.6 Å². The first-order valence-corrected chi connectivity index (χ1v) is 13.0. The van der Waals surface area contributed by atoms with Crippen LogP contribution >= 0.6 is 11.6 Å². The number of anilines is 1. The van der Waals surface area contributed by atoms with Crippen LogP contribution in [0.3, 0.4) is 0 Å². The Hall–Kier alpha value is -2.17. The lowest BCUT2D eigenvalue weighted by molar-refractivity contribution is 0.185. The minimum Gasteiger partial charge on any atom is -0.335 e. The third kappa shape index (κ3) is 14.2. The van der Waals surface area contributed by atoms with E-state index >= 15 is 0 Å². The third-order valence-corrected chi connectivity index (χ3v) is 5.88. The number of hydrogen-bond acceptors (Lipinski definition) is 3. The molecule has 2 unspecified atom stereocenters. The van der Waals surface area contributed by atoms with Gasteiger partial charge in [-0.15, -0.1) is 0 Å². The number of amides is 4. The average Bonchev–Trinajstić information content (AvgIpc) is 2.76. The third-order valence-electron chi connectivity index (χ3n) is 4.59. The number of unbranched alkanes of at least 4 members (excludes halogenated alkanes) is 1. The fraction of sp³-hybridized carbons (Fsp3) is 0.565. The number of urea groups is 2. The van der Waals surface area contributed by atoms with Crippen molar-refractivity contribution in [3.8, 4) is 0 Å². The van der Waals surface area contributed by atoms with Gasteiger partial charge in [0.2, 0.25) is 0 Å². The van der Waals surface area contributed by atoms with Crippen molar-refractivity contribution >= 4 is 40.3 Å². The largest absolute Gasteiger partial charge is 0.335 e. The molecule has 34 heavy (non-hydrogen) atoms. The van der Waals surface area contributed by atoms with E-state index < -0.39 is 17.7 Å². The predicted octanol–water partition coefficient (Wildman–Crippen LogP) is 4.34. The average molecular weight is 518 g/mol. The summed E-state index contributed by atoms with van der Waals surface area (Å²) in [5, 5.41) is 10.2. The monoisotopic (exact) mass is 517 g/mol. The van der Waals surface area contributed by atoms with Gasteiger partial charge in [-0.25, -0.2) is 22.9 Å². The Bertz CT molecular complexity index is 794. The molecule has 11 heteroatoms. The molecule has 2 atom stereocenters. The van der Waals surface area contributed by atoms with Crippen LogP contribution in [0.1, 0.15) is 40.0 Å². The van der Waals surface area contributed by atoms with Gasteiger partial charge < -0.3 is 20.9 Å². The van der Waals surface area contributed by atoms with E-state index in [0.29, 0.717) is 43.1 Å². The molecule has 1 rings (SSSR count). The number of allylic oxidation sites excluding steroid dienone is 1. The van der Waals surface area contributed by atoms with E-state index in [0.717, 1.165) is 0 Å². The van der Waals surface area contributed by atoms with Crippen molar-refractivity contribution in [2.24, 2.45) is 5.92 Å². The van der Waals surface area contributed by atoms with E-state index in [1.165, 1.54) is 5.41 Å². The van der Waals surface area contributed by atoms with Crippen molar-refractivity contribution in [2.75, 3.05) is 38.2 Å². The number of carbonyl (C=O) groups is 2. The number of nitrogens with zero attached hydrogens (tertiary/aromatic N) is 1. The van der Waals surface area contributed by atoms with Gasteiger partial charge in [0.25, 0.3) is 0 Å². The van der Waals surface area contributed by atoms with Gasteiger partial charge in [0.05, 0.1) is 0 Å². The topological polar surface area (TPSA) is 103 Å². The summed E-state index contributed by atoms with van der Waals surface area (Å²) in [6.07, 6.45) is 1.98. The Morgan fingerprint density at radius 1 is 1.18 bits per heavy atom. The molecule has 0 aliphatic heterocycles. The first kappa shape index (κ1) is 29.9. The highest BCUT2D eigenvalue weighted by Gasteiger charge is 2.21. The maximum atomic E-state index is 12.6. The molecule has 1 aromatic rings. The highest BCUT2D eigenvalue weighted by Crippen LogP contribution is 2.10. The Balaban J connectivity index is 2.70. The lowest BCUT2D eigenvalue weighted by Crippen LogP contribution is -2.50. The van der Waals surface area contributed by atoms with Gasteiger partial charge in [-0.05, 0) is 44.2 Å². The summed E-state index contributed by atoms with van der Waals surface area (Å²) in [5.41, 5.74) is 0.671. The van der Waals surface area contributed by atoms with Crippen LogP contribution in [-0.4, -0.2) is 60.1 Å². The molecular weight excluding hydrogens is 481 g/mol. The Labute approximate surface area is 209 Å². The maximum absolute atomic E-state index is 12.6. The summed E-state index contributed by atoms with van der Waals surface area (Å²) in [6.45, 7) is 6.18. The molecule has 0 aromatic heterocycles. The lowest BCUT2D eigenvalue weighted by atomic mass is 10.0. The van der Waals surface area contributed by atoms with Gasteiger partial charge >= 0.3 is 12.1 Å². The second kappa shape index (κ2) is 17.3. The highest BCUT2D eigenvalue weighted by atomic mass is 35.5. The molecule has 4 amide bonds. The number of alkyl halides is 1. The second-order valence-electron chi connectivity index (χ2n) is 8.26. The highest BCUT2D eigenvalue weighted by molar-refractivity contribution is 7.86. The number of halogens is 2. The zero-order chi connectivity index (χ0) is 25.3. The van der Waals surface area contributed by atoms with Gasteiger partial charge in [0, 0.05) is 48.3 Å². The van der Waals surface area contributed by atoms with Gasteiger partial charge in [-0.2, -0.15) is 0 Å². The van der Waals surface area contributed by atoms with Gasteiger partial charge in [0.15, 0.2) is 0 Å². The SMILES string of the molecule is C/C(Cl)=C/S(=O)NCCCCN(CC(CC(C)C)NC(=O)Nc1ccccc1)C(=O)NCCF. The van der Waals surface area contributed by atoms with Crippen molar-refractivity contribution in [2.45, 2.75) is 46.1 Å². The summed E-state index contributed by atoms with van der Waals surface area (Å²) in [6, 6.07) is 8.08. The van der Waals surface area contributed by atoms with Crippen molar-refractivity contribution in [1.82, 2.24) is 20.3 Å². The van der Waals surface area contributed by atoms with E-state index in [9.17, 15) is 18.2 Å². The molecular formula is C23H37ClFN5O3S. The fourth-order valence-electron chi connectivity index (χ4n) is 3.22. The molecule has 8 nitrogen and oxygen atoms in total.